The first-order valence-electron chi connectivity index (χ1n) is 15.3. The molecule has 254 valence electrons. The molecule has 0 aliphatic carbocycles. The number of nitriles is 1. The highest BCUT2D eigenvalue weighted by molar-refractivity contribution is 9.09. The number of benzene rings is 1. The van der Waals surface area contributed by atoms with Crippen LogP contribution in [0.4, 0.5) is 27.8 Å². The lowest BCUT2D eigenvalue weighted by Crippen LogP contribution is -2.55. The maximum Gasteiger partial charge on any atom is 0.418 e. The molecule has 6 rings (SSSR count). The van der Waals surface area contributed by atoms with Crippen LogP contribution in [0.3, 0.4) is 0 Å². The lowest BCUT2D eigenvalue weighted by Gasteiger charge is -2.41. The molecule has 0 saturated carbocycles. The Hall–Kier alpha value is -3.61. The first-order chi connectivity index (χ1) is 23.0. The van der Waals surface area contributed by atoms with E-state index in [1.165, 1.54) is 18.3 Å². The van der Waals surface area contributed by atoms with Crippen molar-refractivity contribution in [2.45, 2.75) is 49.6 Å². The maximum atomic E-state index is 16.5. The largest absolute Gasteiger partial charge is 0.461 e. The van der Waals surface area contributed by atoms with E-state index in [-0.39, 0.29) is 74.3 Å². The number of rotatable bonds is 8. The summed E-state index contributed by atoms with van der Waals surface area (Å²) in [5.41, 5.74) is -3.32. The summed E-state index contributed by atoms with van der Waals surface area (Å²) < 4.78 is 79.2. The minimum absolute atomic E-state index is 0.00522. The molecule has 3 aromatic rings. The molecular weight excluding hydrogens is 725 g/mol. The third-order valence-electron chi connectivity index (χ3n) is 9.17. The van der Waals surface area contributed by atoms with Crippen LogP contribution < -0.4 is 9.64 Å². The molecular formula is C32H30BrClF5N7O2. The first kappa shape index (κ1) is 34.3. The normalized spacial score (nSPS) is 23.2. The number of carbonyl (C=O) groups is 1. The molecule has 0 N–H and O–H groups in total. The van der Waals surface area contributed by atoms with Gasteiger partial charge in [-0.3, -0.25) is 14.7 Å². The van der Waals surface area contributed by atoms with Gasteiger partial charge in [-0.25, -0.2) is 8.78 Å². The first-order valence-corrected chi connectivity index (χ1v) is 16.8. The number of aromatic nitrogens is 3. The Morgan fingerprint density at radius 1 is 1.23 bits per heavy atom. The molecule has 3 fully saturated rings. The number of nitrogens with zero attached hydrogens (tertiary/aromatic N) is 7. The lowest BCUT2D eigenvalue weighted by molar-refractivity contribution is -0.137. The number of pyridine rings is 1. The number of anilines is 1. The van der Waals surface area contributed by atoms with Gasteiger partial charge in [0.15, 0.2) is 5.82 Å². The molecule has 0 unspecified atom stereocenters. The summed E-state index contributed by atoms with van der Waals surface area (Å²) in [6, 6.07) is 4.74. The fourth-order valence-corrected chi connectivity index (χ4v) is 7.50. The molecule has 0 bridgehead atoms. The van der Waals surface area contributed by atoms with Gasteiger partial charge in [0.25, 0.3) is 0 Å². The van der Waals surface area contributed by atoms with E-state index in [0.29, 0.717) is 18.3 Å². The molecule has 3 atom stereocenters. The number of halogens is 7. The minimum Gasteiger partial charge on any atom is -0.461 e. The van der Waals surface area contributed by atoms with Crippen molar-refractivity contribution in [1.82, 2.24) is 24.8 Å². The zero-order valence-corrected chi connectivity index (χ0v) is 27.8. The quantitative estimate of drug-likeness (QED) is 0.149. The molecule has 1 amide bonds. The van der Waals surface area contributed by atoms with E-state index in [2.05, 4.69) is 37.0 Å². The monoisotopic (exact) mass is 753 g/mol. The van der Waals surface area contributed by atoms with E-state index in [1.54, 1.807) is 15.9 Å². The average Bonchev–Trinajstić information content (AvgIpc) is 3.57. The van der Waals surface area contributed by atoms with Crippen molar-refractivity contribution in [3.63, 3.8) is 0 Å². The molecule has 3 saturated heterocycles. The molecule has 2 aromatic heterocycles. The van der Waals surface area contributed by atoms with Crippen molar-refractivity contribution in [1.29, 1.82) is 5.26 Å². The molecule has 48 heavy (non-hydrogen) atoms. The SMILES string of the molecule is N#CC[C@H]1CN(c2nc(OC[C@@]34CCCN3C[C@H](F)C4)nc3c(F)c(-c4cccc(Cl)c4C(F)(F)F)ncc23)CCN1C(=O)/C=C/CBr. The van der Waals surface area contributed by atoms with Gasteiger partial charge in [0, 0.05) is 49.7 Å². The Morgan fingerprint density at radius 2 is 2.04 bits per heavy atom. The standard InChI is InChI=1S/C32H30BrClF5N7O2/c33-9-2-6-24(47)46-13-12-44(17-20(46)7-10-40)29-22-15-41-27(21-4-1-5-23(34)25(21)32(37,38)39)26(36)28(22)42-30(43-29)48-18-31-8-3-11-45(31)16-19(35)14-31/h1-2,4-6,15,19-20H,3,7-9,11-14,16-18H2/b6-2+/t19-,20+,31+/m1/s1. The summed E-state index contributed by atoms with van der Waals surface area (Å²) in [6.45, 7) is 1.62. The van der Waals surface area contributed by atoms with Crippen LogP contribution in [-0.2, 0) is 11.0 Å². The van der Waals surface area contributed by atoms with Gasteiger partial charge in [-0.2, -0.15) is 28.4 Å². The Balaban J connectivity index is 1.44. The topological polar surface area (TPSA) is 98.5 Å². The highest BCUT2D eigenvalue weighted by Crippen LogP contribution is 2.43. The van der Waals surface area contributed by atoms with Crippen molar-refractivity contribution in [3.8, 4) is 23.3 Å². The van der Waals surface area contributed by atoms with Crippen molar-refractivity contribution >= 4 is 50.2 Å². The van der Waals surface area contributed by atoms with Gasteiger partial charge in [-0.05, 0) is 31.5 Å². The van der Waals surface area contributed by atoms with Gasteiger partial charge in [-0.15, -0.1) is 0 Å². The predicted molar refractivity (Wildman–Crippen MR) is 172 cm³/mol. The summed E-state index contributed by atoms with van der Waals surface area (Å²) in [5.74, 6) is -1.23. The molecule has 3 aliphatic rings. The molecule has 9 nitrogen and oxygen atoms in total. The molecule has 1 aromatic carbocycles. The van der Waals surface area contributed by atoms with Gasteiger partial charge in [0.05, 0.1) is 40.0 Å². The smallest absolute Gasteiger partial charge is 0.418 e. The summed E-state index contributed by atoms with van der Waals surface area (Å²) >= 11 is 9.18. The van der Waals surface area contributed by atoms with Crippen LogP contribution in [0.25, 0.3) is 22.2 Å². The second kappa shape index (κ2) is 13.7. The van der Waals surface area contributed by atoms with Gasteiger partial charge in [0.1, 0.15) is 29.8 Å². The van der Waals surface area contributed by atoms with Gasteiger partial charge in [0.2, 0.25) is 5.91 Å². The fraction of sp³-hybridized carbons (Fsp3) is 0.469. The van der Waals surface area contributed by atoms with Crippen LogP contribution in [0, 0.1) is 17.1 Å². The van der Waals surface area contributed by atoms with E-state index in [1.807, 2.05) is 4.90 Å². The molecule has 3 aliphatic heterocycles. The number of piperazine rings is 1. The summed E-state index contributed by atoms with van der Waals surface area (Å²) in [5, 5.41) is 9.51. The number of hydrogen-bond donors (Lipinski definition) is 0. The molecule has 5 heterocycles. The number of amides is 1. The average molecular weight is 755 g/mol. The fourth-order valence-electron chi connectivity index (χ4n) is 7.03. The zero-order valence-electron chi connectivity index (χ0n) is 25.5. The highest BCUT2D eigenvalue weighted by Gasteiger charge is 2.49. The lowest BCUT2D eigenvalue weighted by atomic mass is 9.95. The van der Waals surface area contributed by atoms with Gasteiger partial charge < -0.3 is 14.5 Å². The van der Waals surface area contributed by atoms with Crippen LogP contribution in [-0.4, -0.2) is 93.1 Å². The van der Waals surface area contributed by atoms with Gasteiger partial charge >= 0.3 is 12.2 Å². The van der Waals surface area contributed by atoms with Crippen molar-refractivity contribution < 1.29 is 31.5 Å². The predicted octanol–water partition coefficient (Wildman–Crippen LogP) is 6.34. The highest BCUT2D eigenvalue weighted by atomic mass is 79.9. The van der Waals surface area contributed by atoms with E-state index >= 15 is 4.39 Å². The summed E-state index contributed by atoms with van der Waals surface area (Å²) in [4.78, 5) is 31.3. The number of ether oxygens (including phenoxy) is 1. The number of carbonyl (C=O) groups excluding carboxylic acids is 1. The third kappa shape index (κ3) is 6.54. The Labute approximate surface area is 286 Å². The number of alkyl halides is 5. The third-order valence-corrected chi connectivity index (χ3v) is 9.86. The number of hydrogen-bond acceptors (Lipinski definition) is 8. The Bertz CT molecular complexity index is 1790. The Morgan fingerprint density at radius 3 is 2.79 bits per heavy atom. The van der Waals surface area contributed by atoms with E-state index < -0.39 is 51.6 Å². The van der Waals surface area contributed by atoms with E-state index in [4.69, 9.17) is 16.3 Å². The second-order valence-corrected chi connectivity index (χ2v) is 13.1. The molecule has 0 radical (unpaired) electrons. The van der Waals surface area contributed by atoms with Crippen molar-refractivity contribution in [2.75, 3.05) is 49.6 Å². The maximum absolute atomic E-state index is 16.5. The summed E-state index contributed by atoms with van der Waals surface area (Å²) in [7, 11) is 0. The van der Waals surface area contributed by atoms with Crippen molar-refractivity contribution in [2.24, 2.45) is 0 Å². The van der Waals surface area contributed by atoms with Gasteiger partial charge in [-0.1, -0.05) is 45.7 Å². The Kier molecular flexibility index (Phi) is 9.79. The van der Waals surface area contributed by atoms with Crippen LogP contribution in [0.1, 0.15) is 31.2 Å². The van der Waals surface area contributed by atoms with Crippen molar-refractivity contribution in [3.05, 3.63) is 53.0 Å². The molecule has 0 spiro atoms. The van der Waals surface area contributed by atoms with Crippen LogP contribution >= 0.6 is 27.5 Å². The number of fused-ring (bicyclic) bond motifs is 2. The molecule has 16 heteroatoms. The van der Waals surface area contributed by atoms with E-state index in [0.717, 1.165) is 18.6 Å². The second-order valence-electron chi connectivity index (χ2n) is 12.1. The van der Waals surface area contributed by atoms with Crippen LogP contribution in [0.5, 0.6) is 6.01 Å². The van der Waals surface area contributed by atoms with Crippen LogP contribution in [0.2, 0.25) is 5.02 Å². The minimum atomic E-state index is -4.90. The van der Waals surface area contributed by atoms with E-state index in [9.17, 15) is 27.6 Å². The number of allylic oxidation sites excluding steroid dienone is 1. The van der Waals surface area contributed by atoms with Crippen LogP contribution in [0.15, 0.2) is 36.5 Å². The summed E-state index contributed by atoms with van der Waals surface area (Å²) in [6.07, 6.45) is 0.172. The zero-order chi connectivity index (χ0) is 34.2.